The number of hydrogen-bond donors (Lipinski definition) is 1. The summed E-state index contributed by atoms with van der Waals surface area (Å²) in [6.45, 7) is 5.90. The van der Waals surface area contributed by atoms with Crippen LogP contribution in [0.5, 0.6) is 0 Å². The first kappa shape index (κ1) is 30.1. The number of Topliss-reactive ketones (excluding diaryl/α,β-unsaturated/α-hetero) is 2. The molecule has 23 heavy (non-hydrogen) atoms. The molecule has 0 saturated carbocycles. The molecule has 132 valence electrons. The Hall–Kier alpha value is -0.877. The van der Waals surface area contributed by atoms with Crippen molar-refractivity contribution in [2.75, 3.05) is 6.61 Å². The van der Waals surface area contributed by atoms with Gasteiger partial charge in [0.2, 0.25) is 0 Å². The van der Waals surface area contributed by atoms with Crippen molar-refractivity contribution in [3.63, 3.8) is 0 Å². The van der Waals surface area contributed by atoms with E-state index in [2.05, 4.69) is 0 Å². The Morgan fingerprint density at radius 2 is 1.00 bits per heavy atom. The summed E-state index contributed by atoms with van der Waals surface area (Å²) in [7, 11) is 0. The molecule has 0 bridgehead atoms. The maximum atomic E-state index is 10.4. The Morgan fingerprint density at radius 3 is 1.13 bits per heavy atom. The van der Waals surface area contributed by atoms with Crippen LogP contribution in [0, 0.1) is 0 Å². The van der Waals surface area contributed by atoms with Crippen molar-refractivity contribution in [3.8, 4) is 0 Å². The molecule has 0 rings (SSSR count). The number of ketones is 2. The van der Waals surface area contributed by atoms with Gasteiger partial charge >= 0.3 is 26.2 Å². The van der Waals surface area contributed by atoms with E-state index in [-0.39, 0.29) is 37.8 Å². The Balaban J connectivity index is -0.000000124. The van der Waals surface area contributed by atoms with Crippen molar-refractivity contribution >= 4 is 23.5 Å². The van der Waals surface area contributed by atoms with E-state index in [1.807, 2.05) is 20.8 Å². The fourth-order valence-electron chi connectivity index (χ4n) is 1.06. The maximum absolute atomic E-state index is 10.4. The molecule has 0 aliphatic rings. The molecule has 0 fully saturated rings. The largest absolute Gasteiger partial charge is 2.00 e. The zero-order valence-corrected chi connectivity index (χ0v) is 16.5. The van der Waals surface area contributed by atoms with Gasteiger partial charge in [-0.05, 0) is 19.3 Å². The van der Waals surface area contributed by atoms with Crippen LogP contribution in [-0.4, -0.2) is 35.2 Å². The van der Waals surface area contributed by atoms with Crippen molar-refractivity contribution in [1.82, 2.24) is 0 Å². The minimum Gasteiger partial charge on any atom is -0.550 e. The molecular formula is C15H26O7Zr. The summed E-state index contributed by atoms with van der Waals surface area (Å²) in [6, 6.07) is 0. The summed E-state index contributed by atoms with van der Waals surface area (Å²) in [5, 5.41) is 27.4. The number of aliphatic carboxylic acids is 2. The van der Waals surface area contributed by atoms with E-state index in [9.17, 15) is 29.4 Å². The van der Waals surface area contributed by atoms with Gasteiger partial charge in [-0.15, -0.1) is 0 Å². The fraction of sp³-hybridized carbons (Fsp3) is 0.733. The van der Waals surface area contributed by atoms with E-state index >= 15 is 0 Å². The first-order valence-electron chi connectivity index (χ1n) is 7.28. The predicted molar refractivity (Wildman–Crippen MR) is 76.5 cm³/mol. The Bertz CT molecular complexity index is 298. The van der Waals surface area contributed by atoms with Crippen LogP contribution in [0.2, 0.25) is 0 Å². The number of carboxylic acid groups (broad SMARTS) is 2. The standard InChI is InChI=1S/2C6H10O3.C3H8O.Zr/c2*1-2-3-5(7)4-6(8)9;1-2-3-4;/h2*2-4H2,1H3,(H,8,9);4H,2-3H2,1H3;/q;;;+2/p-2. The van der Waals surface area contributed by atoms with Gasteiger partial charge in [-0.3, -0.25) is 9.59 Å². The fourth-order valence-corrected chi connectivity index (χ4v) is 1.06. The van der Waals surface area contributed by atoms with Crippen LogP contribution < -0.4 is 10.2 Å². The Labute approximate surface area is 156 Å². The molecule has 0 aliphatic heterocycles. The zero-order valence-electron chi connectivity index (χ0n) is 14.1. The van der Waals surface area contributed by atoms with Gasteiger partial charge in [-0.25, -0.2) is 0 Å². The molecule has 1 N–H and O–H groups in total. The molecule has 7 nitrogen and oxygen atoms in total. The summed E-state index contributed by atoms with van der Waals surface area (Å²) in [5.74, 6) is -3.07. The third kappa shape index (κ3) is 38.7. The molecule has 0 amide bonds. The topological polar surface area (TPSA) is 135 Å². The second-order valence-electron chi connectivity index (χ2n) is 4.40. The Morgan fingerprint density at radius 1 is 0.739 bits per heavy atom. The molecule has 0 aromatic carbocycles. The monoisotopic (exact) mass is 408 g/mol. The molecular weight excluding hydrogens is 383 g/mol. The number of carbonyl (C=O) groups excluding carboxylic acids is 4. The van der Waals surface area contributed by atoms with E-state index in [1.165, 1.54) is 0 Å². The third-order valence-electron chi connectivity index (χ3n) is 1.96. The first-order chi connectivity index (χ1) is 10.2. The van der Waals surface area contributed by atoms with Crippen molar-refractivity contribution < 1.29 is 60.7 Å². The van der Waals surface area contributed by atoms with Crippen LogP contribution in [-0.2, 0) is 45.4 Å². The molecule has 0 unspecified atom stereocenters. The van der Waals surface area contributed by atoms with Gasteiger partial charge in [-0.2, -0.15) is 0 Å². The van der Waals surface area contributed by atoms with Crippen LogP contribution in [0.25, 0.3) is 0 Å². The van der Waals surface area contributed by atoms with Crippen molar-refractivity contribution in [3.05, 3.63) is 0 Å². The minimum absolute atomic E-state index is 0. The SMILES string of the molecule is CCCC(=O)CC(=O)[O-].CCCC(=O)CC(=O)[O-].CCCO.[Zr+2]. The van der Waals surface area contributed by atoms with Gasteiger partial charge < -0.3 is 24.9 Å². The zero-order chi connectivity index (χ0) is 18.0. The number of carbonyl (C=O) groups is 4. The number of aliphatic hydroxyl groups is 1. The second-order valence-corrected chi connectivity index (χ2v) is 4.40. The van der Waals surface area contributed by atoms with Gasteiger partial charge in [0.25, 0.3) is 0 Å². The van der Waals surface area contributed by atoms with E-state index < -0.39 is 24.8 Å². The smallest absolute Gasteiger partial charge is 0.550 e. The van der Waals surface area contributed by atoms with Crippen molar-refractivity contribution in [2.24, 2.45) is 0 Å². The quantitative estimate of drug-likeness (QED) is 0.501. The van der Waals surface area contributed by atoms with Gasteiger partial charge in [0.05, 0.1) is 0 Å². The van der Waals surface area contributed by atoms with Crippen LogP contribution in [0.3, 0.4) is 0 Å². The van der Waals surface area contributed by atoms with Crippen molar-refractivity contribution in [2.45, 2.75) is 65.7 Å². The van der Waals surface area contributed by atoms with Crippen LogP contribution in [0.1, 0.15) is 65.7 Å². The number of carboxylic acids is 2. The third-order valence-corrected chi connectivity index (χ3v) is 1.96. The minimum atomic E-state index is -1.28. The van der Waals surface area contributed by atoms with Crippen molar-refractivity contribution in [1.29, 1.82) is 0 Å². The van der Waals surface area contributed by atoms with E-state index in [0.29, 0.717) is 32.3 Å². The molecule has 0 heterocycles. The van der Waals surface area contributed by atoms with Crippen LogP contribution in [0.15, 0.2) is 0 Å². The van der Waals surface area contributed by atoms with E-state index in [0.717, 1.165) is 6.42 Å². The predicted octanol–water partition coefficient (Wildman–Crippen LogP) is -0.623. The van der Waals surface area contributed by atoms with E-state index in [4.69, 9.17) is 5.11 Å². The number of aliphatic hydroxyl groups excluding tert-OH is 1. The molecule has 0 aliphatic carbocycles. The average molecular weight is 410 g/mol. The molecule has 0 radical (unpaired) electrons. The van der Waals surface area contributed by atoms with Crippen LogP contribution in [0.4, 0.5) is 0 Å². The average Bonchev–Trinajstić information content (AvgIpc) is 2.38. The molecule has 0 saturated heterocycles. The molecule has 0 atom stereocenters. The van der Waals surface area contributed by atoms with Gasteiger partial charge in [0, 0.05) is 44.2 Å². The van der Waals surface area contributed by atoms with E-state index in [1.54, 1.807) is 0 Å². The Kier molecular flexibility index (Phi) is 30.6. The summed E-state index contributed by atoms with van der Waals surface area (Å²) in [5.41, 5.74) is 0. The molecule has 0 aromatic rings. The van der Waals surface area contributed by atoms with Gasteiger partial charge in [0.1, 0.15) is 11.6 Å². The van der Waals surface area contributed by atoms with Crippen LogP contribution >= 0.6 is 0 Å². The maximum Gasteiger partial charge on any atom is 2.00 e. The normalized spacial score (nSPS) is 8.35. The first-order valence-corrected chi connectivity index (χ1v) is 7.28. The van der Waals surface area contributed by atoms with Gasteiger partial charge in [-0.1, -0.05) is 20.8 Å². The molecule has 8 heteroatoms. The molecule has 0 aromatic heterocycles. The summed E-state index contributed by atoms with van der Waals surface area (Å²) < 4.78 is 0. The summed E-state index contributed by atoms with van der Waals surface area (Å²) in [6.07, 6.45) is 2.09. The summed E-state index contributed by atoms with van der Waals surface area (Å²) in [4.78, 5) is 40.4. The van der Waals surface area contributed by atoms with Gasteiger partial charge in [0.15, 0.2) is 0 Å². The summed E-state index contributed by atoms with van der Waals surface area (Å²) >= 11 is 0. The second kappa shape index (κ2) is 23.4. The number of hydrogen-bond acceptors (Lipinski definition) is 7. The molecule has 0 spiro atoms. The number of rotatable bonds is 9.